The van der Waals surface area contributed by atoms with Crippen LogP contribution in [-0.2, 0) is 5.41 Å². The number of aryl methyl sites for hydroxylation is 2. The summed E-state index contributed by atoms with van der Waals surface area (Å²) in [5.74, 6) is 0. The molecule has 0 unspecified atom stereocenters. The largest absolute Gasteiger partial charge is 0.319 e. The van der Waals surface area contributed by atoms with Crippen LogP contribution in [0, 0.1) is 19.3 Å². The second kappa shape index (κ2) is 3.58. The van der Waals surface area contributed by atoms with Gasteiger partial charge in [0.2, 0.25) is 0 Å². The first-order valence-corrected chi connectivity index (χ1v) is 6.81. The van der Waals surface area contributed by atoms with Crippen LogP contribution in [0.3, 0.4) is 0 Å². The average Bonchev–Trinajstić information content (AvgIpc) is 2.95. The minimum Gasteiger partial charge on any atom is -0.319 e. The van der Waals surface area contributed by atoms with Crippen LogP contribution in [-0.4, -0.2) is 13.6 Å². The van der Waals surface area contributed by atoms with Crippen LogP contribution < -0.4 is 5.32 Å². The quantitative estimate of drug-likeness (QED) is 0.838. The molecule has 2 fully saturated rings. The van der Waals surface area contributed by atoms with Crippen LogP contribution in [0.4, 0.5) is 0 Å². The van der Waals surface area contributed by atoms with Crippen LogP contribution in [0.1, 0.15) is 42.4 Å². The summed E-state index contributed by atoms with van der Waals surface area (Å²) in [6.07, 6.45) is 5.76. The van der Waals surface area contributed by atoms with E-state index < -0.39 is 0 Å². The molecule has 1 aromatic carbocycles. The zero-order valence-electron chi connectivity index (χ0n) is 11.3. The molecule has 1 aromatic rings. The fourth-order valence-electron chi connectivity index (χ4n) is 3.96. The predicted molar refractivity (Wildman–Crippen MR) is 72.4 cm³/mol. The molecule has 0 atom stereocenters. The lowest BCUT2D eigenvalue weighted by atomic mass is 9.56. The van der Waals surface area contributed by atoms with Gasteiger partial charge in [0.25, 0.3) is 0 Å². The minimum absolute atomic E-state index is 0.433. The van der Waals surface area contributed by atoms with E-state index in [1.54, 1.807) is 5.56 Å². The molecule has 0 bridgehead atoms. The van der Waals surface area contributed by atoms with Gasteiger partial charge in [0.1, 0.15) is 0 Å². The third kappa shape index (κ3) is 1.81. The van der Waals surface area contributed by atoms with E-state index in [0.29, 0.717) is 5.41 Å². The first kappa shape index (κ1) is 11.3. The maximum atomic E-state index is 3.41. The van der Waals surface area contributed by atoms with Gasteiger partial charge < -0.3 is 5.32 Å². The lowest BCUT2D eigenvalue weighted by Gasteiger charge is -2.49. The topological polar surface area (TPSA) is 12.0 Å². The van der Waals surface area contributed by atoms with Gasteiger partial charge in [-0.25, -0.2) is 0 Å². The Bertz CT molecular complexity index is 415. The Morgan fingerprint density at radius 3 is 2.12 bits per heavy atom. The minimum atomic E-state index is 0.433. The van der Waals surface area contributed by atoms with Gasteiger partial charge in [-0.15, -0.1) is 0 Å². The van der Waals surface area contributed by atoms with Crippen molar-refractivity contribution >= 4 is 0 Å². The van der Waals surface area contributed by atoms with Gasteiger partial charge in [-0.05, 0) is 57.6 Å². The smallest absolute Gasteiger partial charge is 0.00884 e. The van der Waals surface area contributed by atoms with Crippen molar-refractivity contribution in [2.45, 2.75) is 44.9 Å². The van der Waals surface area contributed by atoms with Crippen molar-refractivity contribution in [1.82, 2.24) is 5.32 Å². The monoisotopic (exact) mass is 229 g/mol. The SMILES string of the molecule is CNCC1(c2cc(C)cc(C)c2)CC2(CC2)C1. The standard InChI is InChI=1S/C16H23N/c1-12-6-13(2)8-14(7-12)16(11-17-3)9-15(10-16)4-5-15/h6-8,17H,4-5,9-11H2,1-3H3. The molecule has 1 heteroatoms. The van der Waals surface area contributed by atoms with Crippen molar-refractivity contribution < 1.29 is 0 Å². The Balaban J connectivity index is 1.93. The summed E-state index contributed by atoms with van der Waals surface area (Å²) in [6, 6.07) is 7.08. The van der Waals surface area contributed by atoms with Crippen molar-refractivity contribution in [2.24, 2.45) is 5.41 Å². The molecule has 0 saturated heterocycles. The van der Waals surface area contributed by atoms with Gasteiger partial charge in [0.05, 0.1) is 0 Å². The zero-order chi connectivity index (χ0) is 12.1. The molecular weight excluding hydrogens is 206 g/mol. The zero-order valence-corrected chi connectivity index (χ0v) is 11.3. The number of hydrogen-bond acceptors (Lipinski definition) is 1. The van der Waals surface area contributed by atoms with Gasteiger partial charge in [0, 0.05) is 12.0 Å². The summed E-state index contributed by atoms with van der Waals surface area (Å²) in [5, 5.41) is 3.41. The van der Waals surface area contributed by atoms with Gasteiger partial charge >= 0.3 is 0 Å². The predicted octanol–water partition coefficient (Wildman–Crippen LogP) is 3.33. The molecule has 2 saturated carbocycles. The molecule has 92 valence electrons. The normalized spacial score (nSPS) is 23.5. The van der Waals surface area contributed by atoms with Crippen molar-refractivity contribution in [3.8, 4) is 0 Å². The highest BCUT2D eigenvalue weighted by Crippen LogP contribution is 2.68. The molecular formula is C16H23N. The third-order valence-electron chi connectivity index (χ3n) is 4.73. The Morgan fingerprint density at radius 2 is 1.65 bits per heavy atom. The molecule has 1 N–H and O–H groups in total. The molecule has 0 heterocycles. The molecule has 0 amide bonds. The van der Waals surface area contributed by atoms with E-state index in [1.165, 1.54) is 36.8 Å². The Labute approximate surface area is 105 Å². The van der Waals surface area contributed by atoms with Crippen molar-refractivity contribution in [3.05, 3.63) is 34.9 Å². The summed E-state index contributed by atoms with van der Waals surface area (Å²) >= 11 is 0. The van der Waals surface area contributed by atoms with E-state index in [2.05, 4.69) is 44.4 Å². The summed E-state index contributed by atoms with van der Waals surface area (Å²) in [4.78, 5) is 0. The van der Waals surface area contributed by atoms with Crippen LogP contribution in [0.2, 0.25) is 0 Å². The van der Waals surface area contributed by atoms with Crippen molar-refractivity contribution in [3.63, 3.8) is 0 Å². The molecule has 1 spiro atoms. The maximum Gasteiger partial charge on any atom is 0.00884 e. The average molecular weight is 229 g/mol. The van der Waals surface area contributed by atoms with Gasteiger partial charge in [-0.1, -0.05) is 29.3 Å². The molecule has 0 aromatic heterocycles. The Morgan fingerprint density at radius 1 is 1.06 bits per heavy atom. The molecule has 0 radical (unpaired) electrons. The summed E-state index contributed by atoms with van der Waals surface area (Å²) in [7, 11) is 2.09. The molecule has 2 aliphatic rings. The maximum absolute atomic E-state index is 3.41. The summed E-state index contributed by atoms with van der Waals surface area (Å²) in [6.45, 7) is 5.57. The van der Waals surface area contributed by atoms with Crippen LogP contribution in [0.25, 0.3) is 0 Å². The first-order chi connectivity index (χ1) is 8.07. The third-order valence-corrected chi connectivity index (χ3v) is 4.73. The number of benzene rings is 1. The number of rotatable bonds is 3. The molecule has 0 aliphatic heterocycles. The number of nitrogens with one attached hydrogen (secondary N) is 1. The molecule has 17 heavy (non-hydrogen) atoms. The van der Waals surface area contributed by atoms with E-state index in [1.807, 2.05) is 0 Å². The van der Waals surface area contributed by atoms with Crippen molar-refractivity contribution in [1.29, 1.82) is 0 Å². The van der Waals surface area contributed by atoms with Crippen molar-refractivity contribution in [2.75, 3.05) is 13.6 Å². The van der Waals surface area contributed by atoms with Crippen LogP contribution in [0.5, 0.6) is 0 Å². The second-order valence-corrected chi connectivity index (χ2v) is 6.54. The Kier molecular flexibility index (Phi) is 2.38. The van der Waals surface area contributed by atoms with E-state index in [4.69, 9.17) is 0 Å². The van der Waals surface area contributed by atoms with E-state index >= 15 is 0 Å². The lowest BCUT2D eigenvalue weighted by molar-refractivity contribution is 0.118. The lowest BCUT2D eigenvalue weighted by Crippen LogP contribution is -2.49. The second-order valence-electron chi connectivity index (χ2n) is 6.54. The van der Waals surface area contributed by atoms with Gasteiger partial charge in [0.15, 0.2) is 0 Å². The molecule has 2 aliphatic carbocycles. The highest BCUT2D eigenvalue weighted by atomic mass is 14.9. The number of hydrogen-bond donors (Lipinski definition) is 1. The molecule has 1 nitrogen and oxygen atoms in total. The Hall–Kier alpha value is -0.820. The fraction of sp³-hybridized carbons (Fsp3) is 0.625. The summed E-state index contributed by atoms with van der Waals surface area (Å²) in [5.41, 5.74) is 5.58. The highest BCUT2D eigenvalue weighted by Gasteiger charge is 2.60. The molecule has 3 rings (SSSR count). The van der Waals surface area contributed by atoms with Crippen LogP contribution >= 0.6 is 0 Å². The first-order valence-electron chi connectivity index (χ1n) is 6.81. The van der Waals surface area contributed by atoms with E-state index in [9.17, 15) is 0 Å². The number of likely N-dealkylation sites (N-methyl/N-ethyl adjacent to an activating group) is 1. The summed E-state index contributed by atoms with van der Waals surface area (Å²) < 4.78 is 0. The van der Waals surface area contributed by atoms with E-state index in [-0.39, 0.29) is 0 Å². The van der Waals surface area contributed by atoms with Crippen LogP contribution in [0.15, 0.2) is 18.2 Å². The highest BCUT2D eigenvalue weighted by molar-refractivity contribution is 5.38. The fourth-order valence-corrected chi connectivity index (χ4v) is 3.96. The van der Waals surface area contributed by atoms with E-state index in [0.717, 1.165) is 12.0 Å². The van der Waals surface area contributed by atoms with Gasteiger partial charge in [-0.3, -0.25) is 0 Å². The van der Waals surface area contributed by atoms with Gasteiger partial charge in [-0.2, -0.15) is 0 Å².